The van der Waals surface area contributed by atoms with Gasteiger partial charge in [-0.25, -0.2) is 10.1 Å². The van der Waals surface area contributed by atoms with E-state index in [1.165, 1.54) is 0 Å². The van der Waals surface area contributed by atoms with Crippen LogP contribution >= 0.6 is 0 Å². The Bertz CT molecular complexity index is 173. The number of nitrogens with zero attached hydrogens (tertiary/aromatic N) is 1. The summed E-state index contributed by atoms with van der Waals surface area (Å²) in [6.07, 6.45) is 17.3. The minimum absolute atomic E-state index is 0. The minimum atomic E-state index is -0.549. The molecule has 2 fully saturated rings. The van der Waals surface area contributed by atoms with Gasteiger partial charge in [0, 0.05) is 23.0 Å². The number of hydrazine groups is 1. The van der Waals surface area contributed by atoms with Crippen LogP contribution in [-0.2, 0) is 17.1 Å². The van der Waals surface area contributed by atoms with Crippen molar-refractivity contribution in [1.29, 1.82) is 0 Å². The maximum Gasteiger partial charge on any atom is 0.157 e. The Morgan fingerprint density at radius 1 is 1.00 bits per heavy atom. The number of hydrogen-bond acceptors (Lipinski definition) is 2. The first kappa shape index (κ1) is 15.7. The van der Waals surface area contributed by atoms with Gasteiger partial charge in [-0.3, -0.25) is 0 Å². The summed E-state index contributed by atoms with van der Waals surface area (Å²) in [7, 11) is 0. The Kier molecular flexibility index (Phi) is 9.74. The minimum Gasteiger partial charge on any atom is -0.235 e. The SMILES string of the molecule is O=[N+]([O-])NC[C]1[CH][CH][CH][CH]1.[CH]1[CH][CH][CH][CH]1.[Fe]. The van der Waals surface area contributed by atoms with Crippen LogP contribution in [0.4, 0.5) is 0 Å². The molecule has 2 saturated carbocycles. The van der Waals surface area contributed by atoms with Crippen LogP contribution in [0.2, 0.25) is 0 Å². The number of rotatable bonds is 3. The predicted molar refractivity (Wildman–Crippen MR) is 56.9 cm³/mol. The van der Waals surface area contributed by atoms with E-state index in [1.54, 1.807) is 0 Å². The van der Waals surface area contributed by atoms with Crippen LogP contribution in [0.15, 0.2) is 0 Å². The van der Waals surface area contributed by atoms with Crippen molar-refractivity contribution < 1.29 is 22.1 Å². The Morgan fingerprint density at radius 3 is 1.81 bits per heavy atom. The molecule has 0 aromatic rings. The van der Waals surface area contributed by atoms with Crippen molar-refractivity contribution in [2.24, 2.45) is 0 Å². The molecule has 0 saturated heterocycles. The molecule has 2 rings (SSSR count). The van der Waals surface area contributed by atoms with E-state index in [-0.39, 0.29) is 17.1 Å². The summed E-state index contributed by atoms with van der Waals surface area (Å²) in [5.41, 5.74) is 2.07. The van der Waals surface area contributed by atoms with Crippen LogP contribution in [0.1, 0.15) is 0 Å². The molecule has 1 N–H and O–H groups in total. The van der Waals surface area contributed by atoms with E-state index in [9.17, 15) is 10.1 Å². The van der Waals surface area contributed by atoms with Gasteiger partial charge in [0.05, 0.1) is 6.54 Å². The second kappa shape index (κ2) is 9.91. The van der Waals surface area contributed by atoms with E-state index in [4.69, 9.17) is 0 Å². The molecule has 0 aliphatic heterocycles. The van der Waals surface area contributed by atoms with E-state index >= 15 is 0 Å². The van der Waals surface area contributed by atoms with Gasteiger partial charge >= 0.3 is 0 Å². The first-order valence-corrected chi connectivity index (χ1v) is 4.54. The van der Waals surface area contributed by atoms with Crippen molar-refractivity contribution in [3.63, 3.8) is 0 Å². The van der Waals surface area contributed by atoms with Crippen LogP contribution in [0, 0.1) is 73.8 Å². The molecule has 0 bridgehead atoms. The van der Waals surface area contributed by atoms with Crippen molar-refractivity contribution in [3.05, 3.63) is 73.8 Å². The van der Waals surface area contributed by atoms with Gasteiger partial charge < -0.3 is 0 Å². The Morgan fingerprint density at radius 2 is 1.44 bits per heavy atom. The van der Waals surface area contributed by atoms with Crippen LogP contribution in [0.3, 0.4) is 0 Å². The molecule has 4 nitrogen and oxygen atoms in total. The first-order chi connectivity index (χ1) is 7.29. The Balaban J connectivity index is 0.000000318. The van der Waals surface area contributed by atoms with Crippen LogP contribution in [-0.4, -0.2) is 11.6 Å². The van der Waals surface area contributed by atoms with E-state index in [0.29, 0.717) is 6.54 Å². The topological polar surface area (TPSA) is 55.2 Å². The molecule has 86 valence electrons. The largest absolute Gasteiger partial charge is 0.235 e. The normalized spacial score (nSPS) is 19.5. The molecule has 0 atom stereocenters. The summed E-state index contributed by atoms with van der Waals surface area (Å²) in [5, 5.41) is 9.24. The summed E-state index contributed by atoms with van der Waals surface area (Å²) in [6, 6.07) is 0. The second-order valence-corrected chi connectivity index (χ2v) is 2.85. The molecule has 0 unspecified atom stereocenters. The average molecular weight is 260 g/mol. The van der Waals surface area contributed by atoms with Crippen molar-refractivity contribution in [1.82, 2.24) is 5.43 Å². The Hall–Kier alpha value is -0.281. The molecule has 0 spiro atoms. The maximum absolute atomic E-state index is 9.79. The maximum atomic E-state index is 9.79. The molecule has 0 amide bonds. The van der Waals surface area contributed by atoms with Gasteiger partial charge in [-0.15, -0.1) is 5.43 Å². The molecule has 0 heterocycles. The average Bonchev–Trinajstić information content (AvgIpc) is 2.91. The number of nitrogens with one attached hydrogen (secondary N) is 1. The first-order valence-electron chi connectivity index (χ1n) is 4.54. The third-order valence-corrected chi connectivity index (χ3v) is 1.70. The molecular weight excluding hydrogens is 248 g/mol. The smallest absolute Gasteiger partial charge is 0.157 e. The third-order valence-electron chi connectivity index (χ3n) is 1.70. The quantitative estimate of drug-likeness (QED) is 0.471. The zero-order valence-corrected chi connectivity index (χ0v) is 9.62. The van der Waals surface area contributed by atoms with Gasteiger partial charge in [0.1, 0.15) is 0 Å². The zero-order chi connectivity index (χ0) is 10.9. The fraction of sp³-hybridized carbons (Fsp3) is 0.0909. The molecule has 5 heteroatoms. The monoisotopic (exact) mass is 260 g/mol. The van der Waals surface area contributed by atoms with Crippen molar-refractivity contribution in [2.75, 3.05) is 6.54 Å². The molecule has 2 aliphatic rings. The van der Waals surface area contributed by atoms with Crippen molar-refractivity contribution in [3.8, 4) is 0 Å². The molecule has 2 aliphatic carbocycles. The van der Waals surface area contributed by atoms with E-state index in [1.807, 2.05) is 57.8 Å². The standard InChI is InChI=1S/C6H7N2O2.C5H5.Fe/c9-8(10)7-5-6-3-1-2-4-6;1-2-4-5-3-1;/h1-4,7H,5H2;1-5H;. The van der Waals surface area contributed by atoms with Crippen LogP contribution < -0.4 is 5.43 Å². The van der Waals surface area contributed by atoms with Gasteiger partial charge in [0.2, 0.25) is 0 Å². The molecule has 10 radical (unpaired) electrons. The van der Waals surface area contributed by atoms with Gasteiger partial charge in [0.15, 0.2) is 5.03 Å². The van der Waals surface area contributed by atoms with Crippen LogP contribution in [0.25, 0.3) is 0 Å². The second-order valence-electron chi connectivity index (χ2n) is 2.85. The molecule has 16 heavy (non-hydrogen) atoms. The molecular formula is C11H12FeN2O2. The summed E-state index contributed by atoms with van der Waals surface area (Å²) in [4.78, 5) is 9.79. The van der Waals surface area contributed by atoms with Gasteiger partial charge in [-0.2, -0.15) is 0 Å². The number of hydrogen-bond donors (Lipinski definition) is 1. The summed E-state index contributed by atoms with van der Waals surface area (Å²) in [6.45, 7) is 0.292. The summed E-state index contributed by atoms with van der Waals surface area (Å²) >= 11 is 0. The van der Waals surface area contributed by atoms with E-state index in [0.717, 1.165) is 5.92 Å². The van der Waals surface area contributed by atoms with Crippen LogP contribution in [0.5, 0.6) is 0 Å². The predicted octanol–water partition coefficient (Wildman–Crippen LogP) is 1.19. The van der Waals surface area contributed by atoms with Gasteiger partial charge in [-0.1, -0.05) is 0 Å². The van der Waals surface area contributed by atoms with Gasteiger partial charge in [-0.05, 0) is 57.8 Å². The van der Waals surface area contributed by atoms with E-state index in [2.05, 4.69) is 5.43 Å². The zero-order valence-electron chi connectivity index (χ0n) is 8.52. The number of nitro groups is 1. The summed E-state index contributed by atoms with van der Waals surface area (Å²) < 4.78 is 0. The fourth-order valence-corrected chi connectivity index (χ4v) is 1.01. The molecule has 0 aromatic heterocycles. The molecule has 0 aromatic carbocycles. The summed E-state index contributed by atoms with van der Waals surface area (Å²) in [5.74, 6) is 0.928. The van der Waals surface area contributed by atoms with Crippen molar-refractivity contribution >= 4 is 0 Å². The fourth-order valence-electron chi connectivity index (χ4n) is 1.01. The third kappa shape index (κ3) is 7.94. The Labute approximate surface area is 108 Å². The van der Waals surface area contributed by atoms with Gasteiger partial charge in [0.25, 0.3) is 0 Å². The van der Waals surface area contributed by atoms with E-state index < -0.39 is 5.03 Å². The van der Waals surface area contributed by atoms with Crippen molar-refractivity contribution in [2.45, 2.75) is 0 Å².